The lowest BCUT2D eigenvalue weighted by Crippen LogP contribution is -2.35. The third-order valence-electron chi connectivity index (χ3n) is 5.52. The molecule has 0 atom stereocenters. The Hall–Kier alpha value is -3.03. The number of nitrogens with zero attached hydrogens (tertiary/aromatic N) is 1. The van der Waals surface area contributed by atoms with Gasteiger partial charge in [0, 0.05) is 37.3 Å². The van der Waals surface area contributed by atoms with Gasteiger partial charge in [0.05, 0.1) is 16.7 Å². The fraction of sp³-hybridized carbons (Fsp3) is 0.346. The smallest absolute Gasteiger partial charge is 0.332 e. The van der Waals surface area contributed by atoms with E-state index >= 15 is 0 Å². The Morgan fingerprint density at radius 2 is 2.12 bits per heavy atom. The Morgan fingerprint density at radius 1 is 1.29 bits per heavy atom. The van der Waals surface area contributed by atoms with Crippen LogP contribution in [0.15, 0.2) is 47.6 Å². The van der Waals surface area contributed by atoms with E-state index in [2.05, 4.69) is 0 Å². The zero-order valence-corrected chi connectivity index (χ0v) is 19.9. The van der Waals surface area contributed by atoms with Crippen LogP contribution < -0.4 is 14.2 Å². The Balaban J connectivity index is 1.41. The summed E-state index contributed by atoms with van der Waals surface area (Å²) in [5, 5.41) is 9.71. The zero-order chi connectivity index (χ0) is 24.2. The molecular formula is C26H27ClFNO5. The molecule has 0 unspecified atom stereocenters. The van der Waals surface area contributed by atoms with Crippen LogP contribution in [-0.4, -0.2) is 48.3 Å². The molecule has 1 N–H and O–H groups in total. The van der Waals surface area contributed by atoms with Crippen molar-refractivity contribution in [2.75, 3.05) is 26.2 Å². The molecular weight excluding hydrogens is 461 g/mol. The highest BCUT2D eigenvalue weighted by atomic mass is 35.5. The van der Waals surface area contributed by atoms with E-state index in [0.29, 0.717) is 59.5 Å². The largest absolute Gasteiger partial charge is 0.489 e. The lowest BCUT2D eigenvalue weighted by Gasteiger charge is -2.28. The van der Waals surface area contributed by atoms with Crippen LogP contribution in [0.3, 0.4) is 0 Å². The molecule has 8 heteroatoms. The molecule has 180 valence electrons. The molecule has 0 fully saturated rings. The summed E-state index contributed by atoms with van der Waals surface area (Å²) in [6.07, 6.45) is 4.24. The first kappa shape index (κ1) is 24.1. The number of carboxylic acids is 1. The number of aliphatic carboxylic acids is 1. The van der Waals surface area contributed by atoms with Gasteiger partial charge in [0.25, 0.3) is 0 Å². The van der Waals surface area contributed by atoms with E-state index in [1.165, 1.54) is 6.07 Å². The molecule has 0 saturated heterocycles. The maximum Gasteiger partial charge on any atom is 0.332 e. The summed E-state index contributed by atoms with van der Waals surface area (Å²) in [7, 11) is 0. The van der Waals surface area contributed by atoms with Crippen LogP contribution in [0.2, 0.25) is 5.02 Å². The van der Waals surface area contributed by atoms with Crippen molar-refractivity contribution in [2.45, 2.75) is 33.0 Å². The summed E-state index contributed by atoms with van der Waals surface area (Å²) in [6.45, 7) is 6.03. The minimum absolute atomic E-state index is 0.0199. The standard InChI is InChI=1S/C26H27ClFNO5/c1-16(2)34-24-6-5-17(9-22(24)27)14-32-20-10-23(28)21-8-18(15-33-25(21)11-20)12-29-7-3-4-19(13-29)26(30)31/h4-6,8-11,16H,3,7,12-15H2,1-2H3,(H,30,31). The summed E-state index contributed by atoms with van der Waals surface area (Å²) in [5.41, 5.74) is 2.49. The number of rotatable bonds is 8. The second-order valence-electron chi connectivity index (χ2n) is 8.66. The molecule has 0 saturated carbocycles. The molecule has 0 bridgehead atoms. The van der Waals surface area contributed by atoms with E-state index < -0.39 is 11.8 Å². The van der Waals surface area contributed by atoms with Crippen molar-refractivity contribution in [3.8, 4) is 17.2 Å². The van der Waals surface area contributed by atoms with Crippen LogP contribution in [0, 0.1) is 5.82 Å². The summed E-state index contributed by atoms with van der Waals surface area (Å²) in [5.74, 6) is 0.0509. The number of halogens is 2. The molecule has 0 aliphatic carbocycles. The fourth-order valence-electron chi connectivity index (χ4n) is 3.95. The third kappa shape index (κ3) is 5.90. The highest BCUT2D eigenvalue weighted by molar-refractivity contribution is 6.32. The second kappa shape index (κ2) is 10.5. The Kier molecular flexibility index (Phi) is 7.44. The van der Waals surface area contributed by atoms with Crippen molar-refractivity contribution in [1.29, 1.82) is 0 Å². The maximum atomic E-state index is 14.9. The monoisotopic (exact) mass is 487 g/mol. The summed E-state index contributed by atoms with van der Waals surface area (Å²) in [4.78, 5) is 13.3. The van der Waals surface area contributed by atoms with E-state index in [-0.39, 0.29) is 12.7 Å². The van der Waals surface area contributed by atoms with Gasteiger partial charge < -0.3 is 19.3 Å². The average Bonchev–Trinajstić information content (AvgIpc) is 2.79. The van der Waals surface area contributed by atoms with Gasteiger partial charge in [-0.25, -0.2) is 9.18 Å². The van der Waals surface area contributed by atoms with Crippen LogP contribution in [-0.2, 0) is 11.4 Å². The van der Waals surface area contributed by atoms with Crippen LogP contribution in [0.5, 0.6) is 17.2 Å². The van der Waals surface area contributed by atoms with Crippen molar-refractivity contribution in [3.05, 3.63) is 69.5 Å². The quantitative estimate of drug-likeness (QED) is 0.542. The molecule has 4 rings (SSSR count). The minimum Gasteiger partial charge on any atom is -0.489 e. The first-order chi connectivity index (χ1) is 16.3. The molecule has 2 heterocycles. The van der Waals surface area contributed by atoms with E-state index in [9.17, 15) is 14.3 Å². The number of carboxylic acid groups (broad SMARTS) is 1. The van der Waals surface area contributed by atoms with E-state index in [0.717, 1.165) is 17.7 Å². The molecule has 0 aromatic heterocycles. The topological polar surface area (TPSA) is 68.2 Å². The average molecular weight is 488 g/mol. The fourth-order valence-corrected chi connectivity index (χ4v) is 4.20. The van der Waals surface area contributed by atoms with Crippen molar-refractivity contribution in [2.24, 2.45) is 0 Å². The third-order valence-corrected chi connectivity index (χ3v) is 5.82. The van der Waals surface area contributed by atoms with E-state index in [1.54, 1.807) is 30.4 Å². The molecule has 0 amide bonds. The molecule has 2 aromatic rings. The second-order valence-corrected chi connectivity index (χ2v) is 9.07. The number of hydrogen-bond donors (Lipinski definition) is 1. The lowest BCUT2D eigenvalue weighted by atomic mass is 10.0. The van der Waals surface area contributed by atoms with E-state index in [1.807, 2.05) is 24.8 Å². The van der Waals surface area contributed by atoms with Crippen LogP contribution in [0.1, 0.15) is 31.4 Å². The minimum atomic E-state index is -0.899. The van der Waals surface area contributed by atoms with Crippen LogP contribution in [0.4, 0.5) is 4.39 Å². The van der Waals surface area contributed by atoms with Gasteiger partial charge in [0.1, 0.15) is 36.3 Å². The van der Waals surface area contributed by atoms with Crippen molar-refractivity contribution in [3.63, 3.8) is 0 Å². The lowest BCUT2D eigenvalue weighted by molar-refractivity contribution is -0.133. The number of fused-ring (bicyclic) bond motifs is 1. The number of carbonyl (C=O) groups is 1. The molecule has 34 heavy (non-hydrogen) atoms. The van der Waals surface area contributed by atoms with Gasteiger partial charge in [0.2, 0.25) is 0 Å². The van der Waals surface area contributed by atoms with Crippen molar-refractivity contribution in [1.82, 2.24) is 4.90 Å². The van der Waals surface area contributed by atoms with Gasteiger partial charge in [-0.1, -0.05) is 23.7 Å². The van der Waals surface area contributed by atoms with Crippen molar-refractivity contribution < 1.29 is 28.5 Å². The maximum absolute atomic E-state index is 14.9. The van der Waals surface area contributed by atoms with Crippen LogP contribution >= 0.6 is 11.6 Å². The first-order valence-corrected chi connectivity index (χ1v) is 11.5. The number of ether oxygens (including phenoxy) is 3. The van der Waals surface area contributed by atoms with Gasteiger partial charge in [-0.2, -0.15) is 0 Å². The molecule has 2 aliphatic rings. The summed E-state index contributed by atoms with van der Waals surface area (Å²) in [6, 6.07) is 8.43. The predicted octanol–water partition coefficient (Wildman–Crippen LogP) is 5.34. The molecule has 2 aliphatic heterocycles. The van der Waals surface area contributed by atoms with Gasteiger partial charge in [-0.3, -0.25) is 4.90 Å². The first-order valence-electron chi connectivity index (χ1n) is 11.2. The Labute approximate surface area is 203 Å². The van der Waals surface area contributed by atoms with Gasteiger partial charge in [0.15, 0.2) is 0 Å². The number of hydrogen-bond acceptors (Lipinski definition) is 5. The van der Waals surface area contributed by atoms with Gasteiger partial charge >= 0.3 is 5.97 Å². The SMILES string of the molecule is CC(C)Oc1ccc(COc2cc(F)c3c(c2)OCC(CN2CCC=C(C(=O)O)C2)=C3)cc1Cl. The molecule has 0 radical (unpaired) electrons. The predicted molar refractivity (Wildman–Crippen MR) is 128 cm³/mol. The number of benzene rings is 2. The Morgan fingerprint density at radius 3 is 2.85 bits per heavy atom. The zero-order valence-electron chi connectivity index (χ0n) is 19.1. The van der Waals surface area contributed by atoms with E-state index in [4.69, 9.17) is 25.8 Å². The van der Waals surface area contributed by atoms with Gasteiger partial charge in [-0.15, -0.1) is 0 Å². The molecule has 6 nitrogen and oxygen atoms in total. The van der Waals surface area contributed by atoms with Crippen LogP contribution in [0.25, 0.3) is 6.08 Å². The highest BCUT2D eigenvalue weighted by Gasteiger charge is 2.22. The Bertz CT molecular complexity index is 1140. The molecule has 2 aromatic carbocycles. The van der Waals surface area contributed by atoms with Gasteiger partial charge in [-0.05, 0) is 49.6 Å². The summed E-state index contributed by atoms with van der Waals surface area (Å²) < 4.78 is 32.1. The highest BCUT2D eigenvalue weighted by Crippen LogP contribution is 2.34. The normalized spacial score (nSPS) is 15.8. The summed E-state index contributed by atoms with van der Waals surface area (Å²) >= 11 is 6.28. The molecule has 0 spiro atoms. The van der Waals surface area contributed by atoms with Crippen molar-refractivity contribution >= 4 is 23.6 Å².